The van der Waals surface area contributed by atoms with Crippen LogP contribution in [0.2, 0.25) is 0 Å². The molecule has 0 saturated heterocycles. The number of hydrogen-bond acceptors (Lipinski definition) is 2. The lowest BCUT2D eigenvalue weighted by atomic mass is 9.93. The van der Waals surface area contributed by atoms with Crippen molar-refractivity contribution in [3.05, 3.63) is 65.2 Å². The van der Waals surface area contributed by atoms with Crippen molar-refractivity contribution in [2.75, 3.05) is 5.73 Å². The van der Waals surface area contributed by atoms with Gasteiger partial charge in [0.05, 0.1) is 12.5 Å². The average molecular weight is 347 g/mol. The molecule has 0 aliphatic rings. The third kappa shape index (κ3) is 5.89. The van der Waals surface area contributed by atoms with Gasteiger partial charge in [0.15, 0.2) is 0 Å². The summed E-state index contributed by atoms with van der Waals surface area (Å²) in [5.41, 5.74) is 9.79. The summed E-state index contributed by atoms with van der Waals surface area (Å²) < 4.78 is 0. The number of halogens is 1. The number of benzene rings is 2. The van der Waals surface area contributed by atoms with Crippen LogP contribution >= 0.6 is 12.4 Å². The average Bonchev–Trinajstić information content (AvgIpc) is 2.49. The van der Waals surface area contributed by atoms with Gasteiger partial charge in [0.25, 0.3) is 0 Å². The molecule has 0 radical (unpaired) electrons. The molecule has 130 valence electrons. The van der Waals surface area contributed by atoms with Crippen LogP contribution < -0.4 is 11.1 Å². The van der Waals surface area contributed by atoms with Gasteiger partial charge in [-0.15, -0.1) is 12.4 Å². The van der Waals surface area contributed by atoms with Gasteiger partial charge in [-0.3, -0.25) is 4.79 Å². The third-order valence-corrected chi connectivity index (χ3v) is 3.95. The van der Waals surface area contributed by atoms with Crippen molar-refractivity contribution in [2.45, 2.75) is 39.7 Å². The Kier molecular flexibility index (Phi) is 7.80. The van der Waals surface area contributed by atoms with E-state index < -0.39 is 0 Å². The molecular weight excluding hydrogens is 320 g/mol. The van der Waals surface area contributed by atoms with Crippen LogP contribution in [0.5, 0.6) is 0 Å². The Balaban J connectivity index is 0.00000288. The van der Waals surface area contributed by atoms with E-state index in [1.54, 1.807) is 0 Å². The number of hydrogen-bond donors (Lipinski definition) is 2. The van der Waals surface area contributed by atoms with E-state index in [-0.39, 0.29) is 24.4 Å². The molecule has 0 heterocycles. The van der Waals surface area contributed by atoms with Crippen molar-refractivity contribution < 1.29 is 4.79 Å². The zero-order valence-corrected chi connectivity index (χ0v) is 15.4. The molecule has 24 heavy (non-hydrogen) atoms. The monoisotopic (exact) mass is 346 g/mol. The quantitative estimate of drug-likeness (QED) is 0.759. The number of carbonyl (C=O) groups excluding carboxylic acids is 1. The van der Waals surface area contributed by atoms with E-state index in [4.69, 9.17) is 5.73 Å². The molecule has 0 saturated carbocycles. The molecule has 3 N–H and O–H groups in total. The zero-order valence-electron chi connectivity index (χ0n) is 14.6. The van der Waals surface area contributed by atoms with E-state index in [0.29, 0.717) is 18.0 Å². The van der Waals surface area contributed by atoms with Crippen molar-refractivity contribution >= 4 is 24.0 Å². The van der Waals surface area contributed by atoms with Gasteiger partial charge in [-0.05, 0) is 48.1 Å². The molecule has 0 spiro atoms. The van der Waals surface area contributed by atoms with Gasteiger partial charge >= 0.3 is 0 Å². The molecule has 1 unspecified atom stereocenters. The first-order chi connectivity index (χ1) is 11.0. The van der Waals surface area contributed by atoms with Gasteiger partial charge < -0.3 is 11.1 Å². The van der Waals surface area contributed by atoms with Crippen LogP contribution in [0.1, 0.15) is 43.0 Å². The standard InChI is InChI=1S/C20H26N2O.ClH/c1-14(2)12-19(18-7-5-4-6-15(18)3)22-20(23)13-16-8-10-17(21)11-9-16;/h4-11,14,19H,12-13,21H2,1-3H3,(H,22,23);1H. The number of carbonyl (C=O) groups is 1. The molecule has 1 atom stereocenters. The smallest absolute Gasteiger partial charge is 0.224 e. The van der Waals surface area contributed by atoms with Crippen LogP contribution in [-0.4, -0.2) is 5.91 Å². The van der Waals surface area contributed by atoms with E-state index >= 15 is 0 Å². The lowest BCUT2D eigenvalue weighted by Gasteiger charge is -2.23. The van der Waals surface area contributed by atoms with E-state index in [1.165, 1.54) is 11.1 Å². The molecule has 1 amide bonds. The number of nitrogens with two attached hydrogens (primary N) is 1. The topological polar surface area (TPSA) is 55.1 Å². The Hall–Kier alpha value is -2.00. The van der Waals surface area contributed by atoms with Crippen molar-refractivity contribution in [1.82, 2.24) is 5.32 Å². The van der Waals surface area contributed by atoms with Crippen LogP contribution in [-0.2, 0) is 11.2 Å². The largest absolute Gasteiger partial charge is 0.399 e. The molecule has 2 rings (SSSR count). The van der Waals surface area contributed by atoms with E-state index in [9.17, 15) is 4.79 Å². The maximum absolute atomic E-state index is 12.4. The Morgan fingerprint density at radius 2 is 1.71 bits per heavy atom. The molecule has 2 aromatic carbocycles. The summed E-state index contributed by atoms with van der Waals surface area (Å²) in [4.78, 5) is 12.4. The molecular formula is C20H27ClN2O. The molecule has 0 aliphatic heterocycles. The van der Waals surface area contributed by atoms with Gasteiger partial charge in [-0.25, -0.2) is 0 Å². The number of nitrogen functional groups attached to an aromatic ring is 1. The molecule has 2 aromatic rings. The Labute approximate surface area is 151 Å². The number of rotatable bonds is 6. The second kappa shape index (κ2) is 9.33. The van der Waals surface area contributed by atoms with Crippen LogP contribution in [0.4, 0.5) is 5.69 Å². The zero-order chi connectivity index (χ0) is 16.8. The fourth-order valence-electron chi connectivity index (χ4n) is 2.78. The fourth-order valence-corrected chi connectivity index (χ4v) is 2.78. The number of nitrogens with one attached hydrogen (secondary N) is 1. The highest BCUT2D eigenvalue weighted by Crippen LogP contribution is 2.24. The summed E-state index contributed by atoms with van der Waals surface area (Å²) in [6, 6.07) is 15.8. The highest BCUT2D eigenvalue weighted by atomic mass is 35.5. The van der Waals surface area contributed by atoms with Crippen molar-refractivity contribution in [1.29, 1.82) is 0 Å². The molecule has 3 nitrogen and oxygen atoms in total. The maximum atomic E-state index is 12.4. The summed E-state index contributed by atoms with van der Waals surface area (Å²) in [6.45, 7) is 6.45. The van der Waals surface area contributed by atoms with Gasteiger partial charge in [0.1, 0.15) is 0 Å². The van der Waals surface area contributed by atoms with Crippen molar-refractivity contribution in [3.8, 4) is 0 Å². The summed E-state index contributed by atoms with van der Waals surface area (Å²) in [5.74, 6) is 0.556. The molecule has 0 aromatic heterocycles. The lowest BCUT2D eigenvalue weighted by Crippen LogP contribution is -2.31. The molecule has 0 aliphatic carbocycles. The minimum atomic E-state index is 0. The second-order valence-electron chi connectivity index (χ2n) is 6.52. The van der Waals surface area contributed by atoms with Crippen LogP contribution in [0.15, 0.2) is 48.5 Å². The summed E-state index contributed by atoms with van der Waals surface area (Å²) >= 11 is 0. The Bertz CT molecular complexity index is 653. The van der Waals surface area contributed by atoms with Crippen molar-refractivity contribution in [2.24, 2.45) is 5.92 Å². The molecule has 4 heteroatoms. The molecule has 0 bridgehead atoms. The number of amides is 1. The maximum Gasteiger partial charge on any atom is 0.224 e. The number of anilines is 1. The second-order valence-corrected chi connectivity index (χ2v) is 6.52. The minimum Gasteiger partial charge on any atom is -0.399 e. The van der Waals surface area contributed by atoms with E-state index in [0.717, 1.165) is 12.0 Å². The minimum absolute atomic E-state index is 0. The van der Waals surface area contributed by atoms with Crippen molar-refractivity contribution in [3.63, 3.8) is 0 Å². The van der Waals surface area contributed by atoms with Gasteiger partial charge in [-0.1, -0.05) is 50.2 Å². The van der Waals surface area contributed by atoms with Gasteiger partial charge in [0, 0.05) is 5.69 Å². The van der Waals surface area contributed by atoms with E-state index in [2.05, 4.69) is 38.2 Å². The lowest BCUT2D eigenvalue weighted by molar-refractivity contribution is -0.121. The molecule has 0 fully saturated rings. The van der Waals surface area contributed by atoms with Gasteiger partial charge in [-0.2, -0.15) is 0 Å². The normalized spacial score (nSPS) is 11.7. The fraction of sp³-hybridized carbons (Fsp3) is 0.350. The van der Waals surface area contributed by atoms with Crippen LogP contribution in [0.25, 0.3) is 0 Å². The summed E-state index contributed by atoms with van der Waals surface area (Å²) in [7, 11) is 0. The predicted octanol–water partition coefficient (Wildman–Crippen LogP) is 4.45. The third-order valence-electron chi connectivity index (χ3n) is 3.95. The van der Waals surface area contributed by atoms with Crippen LogP contribution in [0, 0.1) is 12.8 Å². The highest BCUT2D eigenvalue weighted by Gasteiger charge is 2.17. The first kappa shape index (κ1) is 20.0. The summed E-state index contributed by atoms with van der Waals surface area (Å²) in [5, 5.41) is 3.20. The predicted molar refractivity (Wildman–Crippen MR) is 103 cm³/mol. The van der Waals surface area contributed by atoms with E-state index in [1.807, 2.05) is 36.4 Å². The Morgan fingerprint density at radius 3 is 2.29 bits per heavy atom. The highest BCUT2D eigenvalue weighted by molar-refractivity contribution is 5.85. The summed E-state index contributed by atoms with van der Waals surface area (Å²) in [6.07, 6.45) is 1.30. The van der Waals surface area contributed by atoms with Gasteiger partial charge in [0.2, 0.25) is 5.91 Å². The van der Waals surface area contributed by atoms with Crippen LogP contribution in [0.3, 0.4) is 0 Å². The Morgan fingerprint density at radius 1 is 1.08 bits per heavy atom. The first-order valence-corrected chi connectivity index (χ1v) is 8.15. The number of aryl methyl sites for hydroxylation is 1. The SMILES string of the molecule is Cc1ccccc1C(CC(C)C)NC(=O)Cc1ccc(N)cc1.Cl. The first-order valence-electron chi connectivity index (χ1n) is 8.15.